The summed E-state index contributed by atoms with van der Waals surface area (Å²) in [4.78, 5) is 11.5. The van der Waals surface area contributed by atoms with E-state index in [1.54, 1.807) is 13.0 Å². The maximum atomic E-state index is 11.5. The number of hydrazine groups is 1. The van der Waals surface area contributed by atoms with E-state index in [4.69, 9.17) is 10.6 Å². The van der Waals surface area contributed by atoms with E-state index in [0.717, 1.165) is 12.0 Å². The second-order valence-electron chi connectivity index (χ2n) is 3.10. The van der Waals surface area contributed by atoms with E-state index in [2.05, 4.69) is 5.43 Å². The van der Waals surface area contributed by atoms with Gasteiger partial charge in [-0.15, -0.1) is 0 Å². The number of anilines is 1. The Morgan fingerprint density at radius 2 is 2.20 bits per heavy atom. The van der Waals surface area contributed by atoms with Crippen LogP contribution in [0.5, 0.6) is 0 Å². The summed E-state index contributed by atoms with van der Waals surface area (Å²) in [5.41, 5.74) is 4.70. The number of esters is 1. The monoisotopic (exact) mass is 208 g/mol. The van der Waals surface area contributed by atoms with Gasteiger partial charge in [0.05, 0.1) is 17.9 Å². The Morgan fingerprint density at radius 1 is 1.47 bits per heavy atom. The Balaban J connectivity index is 3.02. The second kappa shape index (κ2) is 5.36. The molecule has 0 unspecified atom stereocenters. The Hall–Kier alpha value is -1.55. The van der Waals surface area contributed by atoms with Crippen LogP contribution in [0, 0.1) is 0 Å². The van der Waals surface area contributed by atoms with Crippen molar-refractivity contribution in [1.82, 2.24) is 0 Å². The molecule has 0 aliphatic carbocycles. The summed E-state index contributed by atoms with van der Waals surface area (Å²) < 4.78 is 4.91. The van der Waals surface area contributed by atoms with Crippen LogP contribution in [-0.4, -0.2) is 12.6 Å². The van der Waals surface area contributed by atoms with Gasteiger partial charge in [0.25, 0.3) is 0 Å². The standard InChI is InChI=1S/C11H16N2O2/c1-3-8-5-6-9(10(7-8)13-12)11(14)15-4-2/h5-7,13H,3-4,12H2,1-2H3. The summed E-state index contributed by atoms with van der Waals surface area (Å²) in [6.45, 7) is 4.17. The zero-order valence-electron chi connectivity index (χ0n) is 9.04. The third-order valence-electron chi connectivity index (χ3n) is 2.14. The van der Waals surface area contributed by atoms with Crippen molar-refractivity contribution in [2.24, 2.45) is 5.84 Å². The predicted octanol–water partition coefficient (Wildman–Crippen LogP) is 1.71. The van der Waals surface area contributed by atoms with Gasteiger partial charge in [-0.25, -0.2) is 4.79 Å². The molecule has 0 saturated heterocycles. The lowest BCUT2D eigenvalue weighted by Crippen LogP contribution is -2.14. The fourth-order valence-corrected chi connectivity index (χ4v) is 1.32. The number of nitrogen functional groups attached to an aromatic ring is 1. The summed E-state index contributed by atoms with van der Waals surface area (Å²) in [5.74, 6) is 5.00. The number of hydrogen-bond donors (Lipinski definition) is 2. The number of rotatable bonds is 4. The van der Waals surface area contributed by atoms with Crippen LogP contribution in [0.2, 0.25) is 0 Å². The van der Waals surface area contributed by atoms with E-state index >= 15 is 0 Å². The molecular formula is C11H16N2O2. The lowest BCUT2D eigenvalue weighted by atomic mass is 10.1. The van der Waals surface area contributed by atoms with Gasteiger partial charge in [0, 0.05) is 0 Å². The largest absolute Gasteiger partial charge is 0.462 e. The van der Waals surface area contributed by atoms with Gasteiger partial charge >= 0.3 is 5.97 Å². The van der Waals surface area contributed by atoms with Gasteiger partial charge in [-0.2, -0.15) is 0 Å². The van der Waals surface area contributed by atoms with Crippen LogP contribution in [0.3, 0.4) is 0 Å². The normalized spacial score (nSPS) is 9.80. The molecule has 4 heteroatoms. The van der Waals surface area contributed by atoms with Crippen LogP contribution in [0.4, 0.5) is 5.69 Å². The Morgan fingerprint density at radius 3 is 2.73 bits per heavy atom. The van der Waals surface area contributed by atoms with Gasteiger partial charge in [0.15, 0.2) is 0 Å². The molecule has 4 nitrogen and oxygen atoms in total. The van der Waals surface area contributed by atoms with Crippen molar-refractivity contribution in [3.05, 3.63) is 29.3 Å². The van der Waals surface area contributed by atoms with Gasteiger partial charge in [0.2, 0.25) is 0 Å². The molecular weight excluding hydrogens is 192 g/mol. The molecule has 1 rings (SSSR count). The maximum absolute atomic E-state index is 11.5. The van der Waals surface area contributed by atoms with Gasteiger partial charge in [-0.3, -0.25) is 5.84 Å². The van der Waals surface area contributed by atoms with Crippen LogP contribution < -0.4 is 11.3 Å². The van der Waals surface area contributed by atoms with Crippen molar-refractivity contribution in [2.45, 2.75) is 20.3 Å². The Labute approximate surface area is 89.4 Å². The molecule has 1 aromatic carbocycles. The van der Waals surface area contributed by atoms with Crippen LogP contribution >= 0.6 is 0 Å². The van der Waals surface area contributed by atoms with Crippen molar-refractivity contribution < 1.29 is 9.53 Å². The highest BCUT2D eigenvalue weighted by molar-refractivity contribution is 5.95. The van der Waals surface area contributed by atoms with Crippen LogP contribution in [0.25, 0.3) is 0 Å². The Bertz CT molecular complexity index is 350. The summed E-state index contributed by atoms with van der Waals surface area (Å²) in [5, 5.41) is 0. The summed E-state index contributed by atoms with van der Waals surface area (Å²) in [7, 11) is 0. The van der Waals surface area contributed by atoms with E-state index in [1.807, 2.05) is 19.1 Å². The first-order valence-corrected chi connectivity index (χ1v) is 4.99. The lowest BCUT2D eigenvalue weighted by molar-refractivity contribution is 0.0527. The van der Waals surface area contributed by atoms with E-state index in [-0.39, 0.29) is 5.97 Å². The summed E-state index contributed by atoms with van der Waals surface area (Å²) in [6, 6.07) is 5.48. The number of aryl methyl sites for hydroxylation is 1. The highest BCUT2D eigenvalue weighted by Gasteiger charge is 2.11. The fraction of sp³-hybridized carbons (Fsp3) is 0.364. The first kappa shape index (κ1) is 11.5. The Kier molecular flexibility index (Phi) is 4.12. The molecule has 3 N–H and O–H groups in total. The smallest absolute Gasteiger partial charge is 0.340 e. The van der Waals surface area contributed by atoms with Gasteiger partial charge < -0.3 is 10.2 Å². The quantitative estimate of drug-likeness (QED) is 0.449. The van der Waals surface area contributed by atoms with Crippen molar-refractivity contribution in [3.63, 3.8) is 0 Å². The van der Waals surface area contributed by atoms with Crippen molar-refractivity contribution in [1.29, 1.82) is 0 Å². The maximum Gasteiger partial charge on any atom is 0.340 e. The predicted molar refractivity (Wildman–Crippen MR) is 59.6 cm³/mol. The molecule has 0 atom stereocenters. The number of carbonyl (C=O) groups excluding carboxylic acids is 1. The topological polar surface area (TPSA) is 64.3 Å². The zero-order valence-corrected chi connectivity index (χ0v) is 9.04. The zero-order chi connectivity index (χ0) is 11.3. The molecule has 82 valence electrons. The fourth-order valence-electron chi connectivity index (χ4n) is 1.32. The molecule has 1 aromatic rings. The van der Waals surface area contributed by atoms with E-state index in [9.17, 15) is 4.79 Å². The lowest BCUT2D eigenvalue weighted by Gasteiger charge is -2.09. The minimum Gasteiger partial charge on any atom is -0.462 e. The summed E-state index contributed by atoms with van der Waals surface area (Å²) >= 11 is 0. The molecule has 0 aromatic heterocycles. The number of hydrogen-bond acceptors (Lipinski definition) is 4. The first-order valence-electron chi connectivity index (χ1n) is 4.99. The molecule has 0 bridgehead atoms. The van der Waals surface area contributed by atoms with E-state index < -0.39 is 0 Å². The number of ether oxygens (including phenoxy) is 1. The van der Waals surface area contributed by atoms with Crippen LogP contribution in [0.1, 0.15) is 29.8 Å². The second-order valence-corrected chi connectivity index (χ2v) is 3.10. The average molecular weight is 208 g/mol. The molecule has 0 saturated carbocycles. The van der Waals surface area contributed by atoms with Crippen LogP contribution in [-0.2, 0) is 11.2 Å². The molecule has 15 heavy (non-hydrogen) atoms. The molecule has 0 spiro atoms. The minimum atomic E-state index is -0.354. The molecule has 0 aliphatic heterocycles. The van der Waals surface area contributed by atoms with Crippen LogP contribution in [0.15, 0.2) is 18.2 Å². The molecule has 0 aliphatic rings. The first-order chi connectivity index (χ1) is 7.22. The SMILES string of the molecule is CCOC(=O)c1ccc(CC)cc1NN. The number of nitrogens with one attached hydrogen (secondary N) is 1. The molecule has 0 heterocycles. The molecule has 0 amide bonds. The van der Waals surface area contributed by atoms with Gasteiger partial charge in [-0.1, -0.05) is 13.0 Å². The van der Waals surface area contributed by atoms with Gasteiger partial charge in [-0.05, 0) is 31.0 Å². The molecule has 0 fully saturated rings. The summed E-state index contributed by atoms with van der Waals surface area (Å²) in [6.07, 6.45) is 0.901. The number of nitrogens with two attached hydrogens (primary N) is 1. The van der Waals surface area contributed by atoms with E-state index in [0.29, 0.717) is 17.9 Å². The number of benzene rings is 1. The highest BCUT2D eigenvalue weighted by Crippen LogP contribution is 2.18. The van der Waals surface area contributed by atoms with Crippen molar-refractivity contribution in [3.8, 4) is 0 Å². The van der Waals surface area contributed by atoms with Gasteiger partial charge in [0.1, 0.15) is 0 Å². The molecule has 0 radical (unpaired) electrons. The number of carbonyl (C=O) groups is 1. The third-order valence-corrected chi connectivity index (χ3v) is 2.14. The van der Waals surface area contributed by atoms with Crippen molar-refractivity contribution in [2.75, 3.05) is 12.0 Å². The van der Waals surface area contributed by atoms with Crippen molar-refractivity contribution >= 4 is 11.7 Å². The minimum absolute atomic E-state index is 0.354. The average Bonchev–Trinajstić information content (AvgIpc) is 2.28. The van der Waals surface area contributed by atoms with E-state index in [1.165, 1.54) is 0 Å². The highest BCUT2D eigenvalue weighted by atomic mass is 16.5. The third kappa shape index (κ3) is 2.70.